The van der Waals surface area contributed by atoms with E-state index >= 15 is 0 Å². The molecule has 0 radical (unpaired) electrons. The van der Waals surface area contributed by atoms with Gasteiger partial charge in [-0.1, -0.05) is 24.4 Å². The van der Waals surface area contributed by atoms with E-state index in [-0.39, 0.29) is 6.10 Å². The molecule has 2 N–H and O–H groups in total. The second kappa shape index (κ2) is 7.42. The lowest BCUT2D eigenvalue weighted by Crippen LogP contribution is -2.51. The number of halogens is 1. The largest absolute Gasteiger partial charge is 0.391 e. The Morgan fingerprint density at radius 2 is 2.00 bits per heavy atom. The minimum absolute atomic E-state index is 0.100. The Morgan fingerprint density at radius 1 is 1.24 bits per heavy atom. The van der Waals surface area contributed by atoms with Gasteiger partial charge in [0.05, 0.1) is 11.1 Å². The molecule has 21 heavy (non-hydrogen) atoms. The molecule has 2 fully saturated rings. The monoisotopic (exact) mass is 328 g/mol. The van der Waals surface area contributed by atoms with Crippen LogP contribution in [-0.2, 0) is 6.54 Å². The fourth-order valence-electron chi connectivity index (χ4n) is 3.64. The summed E-state index contributed by atoms with van der Waals surface area (Å²) in [6, 6.07) is 3.06. The first-order chi connectivity index (χ1) is 10.2. The minimum Gasteiger partial charge on any atom is -0.391 e. The van der Waals surface area contributed by atoms with E-state index in [4.69, 9.17) is 11.6 Å². The molecule has 0 aromatic carbocycles. The summed E-state index contributed by atoms with van der Waals surface area (Å²) in [5.41, 5.74) is 0. The molecule has 0 unspecified atom stereocenters. The summed E-state index contributed by atoms with van der Waals surface area (Å²) < 4.78 is 0. The van der Waals surface area contributed by atoms with Crippen molar-refractivity contribution in [2.24, 2.45) is 0 Å². The van der Waals surface area contributed by atoms with Gasteiger partial charge in [-0.2, -0.15) is 0 Å². The van der Waals surface area contributed by atoms with E-state index < -0.39 is 0 Å². The quantitative estimate of drug-likeness (QED) is 0.890. The molecule has 1 saturated heterocycles. The highest BCUT2D eigenvalue weighted by molar-refractivity contribution is 7.10. The zero-order chi connectivity index (χ0) is 14.7. The van der Waals surface area contributed by atoms with Gasteiger partial charge in [0.2, 0.25) is 0 Å². The lowest BCUT2D eigenvalue weighted by molar-refractivity contribution is 0.00715. The van der Waals surface area contributed by atoms with Crippen molar-refractivity contribution in [2.45, 2.75) is 63.3 Å². The molecule has 0 bridgehead atoms. The second-order valence-corrected chi connectivity index (χ2v) is 7.77. The first kappa shape index (κ1) is 15.8. The van der Waals surface area contributed by atoms with Gasteiger partial charge >= 0.3 is 0 Å². The normalized spacial score (nSPS) is 28.9. The minimum atomic E-state index is -0.100. The molecule has 3 rings (SSSR count). The average molecular weight is 329 g/mol. The molecule has 0 amide bonds. The molecule has 1 saturated carbocycles. The van der Waals surface area contributed by atoms with E-state index in [0.717, 1.165) is 31.1 Å². The summed E-state index contributed by atoms with van der Waals surface area (Å²) in [6.45, 7) is 3.16. The highest BCUT2D eigenvalue weighted by Gasteiger charge is 2.31. The van der Waals surface area contributed by atoms with E-state index in [9.17, 15) is 5.11 Å². The first-order valence-electron chi connectivity index (χ1n) is 8.11. The van der Waals surface area contributed by atoms with Crippen molar-refractivity contribution in [1.29, 1.82) is 0 Å². The van der Waals surface area contributed by atoms with Gasteiger partial charge in [0.25, 0.3) is 0 Å². The van der Waals surface area contributed by atoms with Crippen molar-refractivity contribution in [3.63, 3.8) is 0 Å². The van der Waals surface area contributed by atoms with Gasteiger partial charge in [0, 0.05) is 42.0 Å². The van der Waals surface area contributed by atoms with E-state index in [1.165, 1.54) is 37.0 Å². The number of hydrogen-bond acceptors (Lipinski definition) is 4. The number of rotatable bonds is 4. The van der Waals surface area contributed by atoms with Gasteiger partial charge in [0.15, 0.2) is 0 Å². The van der Waals surface area contributed by atoms with E-state index in [2.05, 4.69) is 10.2 Å². The molecule has 118 valence electrons. The summed E-state index contributed by atoms with van der Waals surface area (Å²) in [5, 5.41) is 16.7. The van der Waals surface area contributed by atoms with Crippen molar-refractivity contribution >= 4 is 22.9 Å². The summed E-state index contributed by atoms with van der Waals surface area (Å²) in [7, 11) is 0. The number of hydrogen-bond donors (Lipinski definition) is 2. The fourth-order valence-corrected chi connectivity index (χ4v) is 4.67. The van der Waals surface area contributed by atoms with Crippen LogP contribution in [0.3, 0.4) is 0 Å². The number of aliphatic hydroxyl groups excluding tert-OH is 1. The molecule has 1 aliphatic carbocycles. The highest BCUT2D eigenvalue weighted by Crippen LogP contribution is 2.26. The second-order valence-electron chi connectivity index (χ2n) is 6.34. The average Bonchev–Trinajstić information content (AvgIpc) is 2.92. The standard InChI is InChI=1S/C16H25ClN2OS/c17-12-9-14(21-11-12)10-18-13-5-7-19(8-6-13)15-3-1-2-4-16(15)20/h9,11,13,15-16,18,20H,1-8,10H2/t15-,16-/m1/s1. The van der Waals surface area contributed by atoms with Crippen LogP contribution < -0.4 is 5.32 Å². The predicted molar refractivity (Wildman–Crippen MR) is 89.0 cm³/mol. The number of aliphatic hydroxyl groups is 1. The number of nitrogens with zero attached hydrogens (tertiary/aromatic N) is 1. The van der Waals surface area contributed by atoms with Gasteiger partial charge in [-0.3, -0.25) is 4.90 Å². The maximum atomic E-state index is 10.2. The Kier molecular flexibility index (Phi) is 5.57. The Hall–Kier alpha value is -0.130. The van der Waals surface area contributed by atoms with Crippen molar-refractivity contribution in [3.8, 4) is 0 Å². The summed E-state index contributed by atoms with van der Waals surface area (Å²) in [4.78, 5) is 3.83. The van der Waals surface area contributed by atoms with Gasteiger partial charge in [0.1, 0.15) is 0 Å². The van der Waals surface area contributed by atoms with Gasteiger partial charge in [-0.05, 0) is 31.7 Å². The van der Waals surface area contributed by atoms with Crippen LogP contribution in [0.15, 0.2) is 11.4 Å². The molecule has 2 heterocycles. The molecule has 5 heteroatoms. The molecule has 3 nitrogen and oxygen atoms in total. The van der Waals surface area contributed by atoms with Crippen molar-refractivity contribution < 1.29 is 5.11 Å². The number of piperidine rings is 1. The van der Waals surface area contributed by atoms with Crippen LogP contribution in [-0.4, -0.2) is 41.3 Å². The Labute approximate surface area is 136 Å². The van der Waals surface area contributed by atoms with E-state index in [1.54, 1.807) is 11.3 Å². The van der Waals surface area contributed by atoms with Crippen LogP contribution in [0.2, 0.25) is 5.02 Å². The molecule has 2 aliphatic rings. The van der Waals surface area contributed by atoms with Crippen molar-refractivity contribution in [2.75, 3.05) is 13.1 Å². The number of likely N-dealkylation sites (tertiary alicyclic amines) is 1. The van der Waals surface area contributed by atoms with E-state index in [1.807, 2.05) is 11.4 Å². The molecule has 1 aliphatic heterocycles. The smallest absolute Gasteiger partial charge is 0.0695 e. The maximum Gasteiger partial charge on any atom is 0.0695 e. The van der Waals surface area contributed by atoms with Crippen molar-refractivity contribution in [3.05, 3.63) is 21.3 Å². The molecule has 1 aromatic heterocycles. The molecule has 0 spiro atoms. The summed E-state index contributed by atoms with van der Waals surface area (Å²) in [6.07, 6.45) is 6.90. The van der Waals surface area contributed by atoms with E-state index in [0.29, 0.717) is 12.1 Å². The maximum absolute atomic E-state index is 10.2. The molecule has 1 aromatic rings. The summed E-state index contributed by atoms with van der Waals surface area (Å²) in [5.74, 6) is 0. The number of nitrogens with one attached hydrogen (secondary N) is 1. The van der Waals surface area contributed by atoms with Crippen LogP contribution in [0.1, 0.15) is 43.4 Å². The predicted octanol–water partition coefficient (Wildman–Crippen LogP) is 3.26. The highest BCUT2D eigenvalue weighted by atomic mass is 35.5. The van der Waals surface area contributed by atoms with Gasteiger partial charge in [-0.15, -0.1) is 11.3 Å². The Morgan fingerprint density at radius 3 is 2.67 bits per heavy atom. The summed E-state index contributed by atoms with van der Waals surface area (Å²) >= 11 is 7.68. The lowest BCUT2D eigenvalue weighted by atomic mass is 9.89. The molecular weight excluding hydrogens is 304 g/mol. The fraction of sp³-hybridized carbons (Fsp3) is 0.750. The molecular formula is C16H25ClN2OS. The van der Waals surface area contributed by atoms with Crippen LogP contribution in [0, 0.1) is 0 Å². The van der Waals surface area contributed by atoms with Crippen LogP contribution in [0.5, 0.6) is 0 Å². The molecule has 2 atom stereocenters. The zero-order valence-electron chi connectivity index (χ0n) is 12.4. The van der Waals surface area contributed by atoms with Crippen molar-refractivity contribution in [1.82, 2.24) is 10.2 Å². The van der Waals surface area contributed by atoms with Gasteiger partial charge < -0.3 is 10.4 Å². The topological polar surface area (TPSA) is 35.5 Å². The van der Waals surface area contributed by atoms with Gasteiger partial charge in [-0.25, -0.2) is 0 Å². The Balaban J connectivity index is 1.42. The Bertz CT molecular complexity index is 445. The van der Waals surface area contributed by atoms with Crippen LogP contribution >= 0.6 is 22.9 Å². The lowest BCUT2D eigenvalue weighted by Gasteiger charge is -2.41. The number of thiophene rings is 1. The SMILES string of the molecule is O[C@@H]1CCCC[C@H]1N1CCC(NCc2cc(Cl)cs2)CC1. The van der Waals surface area contributed by atoms with Crippen LogP contribution in [0.4, 0.5) is 0 Å². The third kappa shape index (κ3) is 4.20. The first-order valence-corrected chi connectivity index (χ1v) is 9.36. The third-order valence-corrected chi connectivity index (χ3v) is 6.16. The zero-order valence-corrected chi connectivity index (χ0v) is 14.0. The van der Waals surface area contributed by atoms with Crippen LogP contribution in [0.25, 0.3) is 0 Å². The third-order valence-electron chi connectivity index (χ3n) is 4.88.